The van der Waals surface area contributed by atoms with E-state index >= 15 is 0 Å². The molecule has 8 heteroatoms. The molecule has 2 N–H and O–H groups in total. The minimum Gasteiger partial charge on any atom is -0.493 e. The van der Waals surface area contributed by atoms with Crippen molar-refractivity contribution in [3.05, 3.63) is 47.5 Å². The molecule has 31 heavy (non-hydrogen) atoms. The first-order valence-electron chi connectivity index (χ1n) is 9.88. The lowest BCUT2D eigenvalue weighted by molar-refractivity contribution is -0.149. The number of hydrogen-bond donors (Lipinski definition) is 2. The van der Waals surface area contributed by atoms with Crippen LogP contribution in [0.2, 0.25) is 0 Å². The second-order valence-electron chi connectivity index (χ2n) is 6.83. The number of ether oxygens (including phenoxy) is 5. The summed E-state index contributed by atoms with van der Waals surface area (Å²) in [6.07, 6.45) is -0.360. The van der Waals surface area contributed by atoms with Gasteiger partial charge in [0.05, 0.1) is 47.6 Å². The Balaban J connectivity index is 2.03. The van der Waals surface area contributed by atoms with Crippen LogP contribution in [-0.2, 0) is 16.0 Å². The Kier molecular flexibility index (Phi) is 9.42. The fourth-order valence-electron chi connectivity index (χ4n) is 3.27. The Hall–Kier alpha value is -2.97. The number of aliphatic hydroxyl groups is 1. The molecular weight excluding hydrogens is 402 g/mol. The molecule has 2 aromatic rings. The van der Waals surface area contributed by atoms with Crippen LogP contribution in [0.15, 0.2) is 36.4 Å². The molecule has 2 rings (SSSR count). The predicted octanol–water partition coefficient (Wildman–Crippen LogP) is 2.38. The first-order chi connectivity index (χ1) is 15.0. The largest absolute Gasteiger partial charge is 0.493 e. The van der Waals surface area contributed by atoms with E-state index in [1.165, 1.54) is 21.3 Å². The second kappa shape index (κ2) is 12.0. The van der Waals surface area contributed by atoms with Crippen LogP contribution in [0.5, 0.6) is 23.0 Å². The van der Waals surface area contributed by atoms with Crippen LogP contribution < -0.4 is 24.3 Å². The maximum absolute atomic E-state index is 12.3. The van der Waals surface area contributed by atoms with Crippen LogP contribution in [0.4, 0.5) is 0 Å². The molecule has 0 bridgehead atoms. The highest BCUT2D eigenvalue weighted by molar-refractivity contribution is 5.73. The average molecular weight is 434 g/mol. The minimum atomic E-state index is -1.07. The third kappa shape index (κ3) is 6.26. The predicted molar refractivity (Wildman–Crippen MR) is 116 cm³/mol. The van der Waals surface area contributed by atoms with Crippen molar-refractivity contribution >= 4 is 5.97 Å². The number of hydrogen-bond acceptors (Lipinski definition) is 8. The zero-order valence-electron chi connectivity index (χ0n) is 18.6. The molecule has 0 spiro atoms. The van der Waals surface area contributed by atoms with Crippen molar-refractivity contribution < 1.29 is 33.6 Å². The second-order valence-corrected chi connectivity index (χ2v) is 6.83. The highest BCUT2D eigenvalue weighted by atomic mass is 16.5. The molecule has 0 aliphatic rings. The lowest BCUT2D eigenvalue weighted by Crippen LogP contribution is -2.34. The molecule has 0 saturated carbocycles. The number of methoxy groups -OCH3 is 5. The zero-order valence-corrected chi connectivity index (χ0v) is 18.6. The van der Waals surface area contributed by atoms with Gasteiger partial charge in [0.25, 0.3) is 0 Å². The standard InChI is InChI=1S/C23H31NO7/c1-27-18-8-6-15(12-20(18)29-3)10-11-24-14-17(23(26)31-5)22(25)16-7-9-19(28-2)21(13-16)30-4/h6-9,12-13,17,22,24-25H,10-11,14H2,1-5H3. The topological polar surface area (TPSA) is 95.5 Å². The number of carbonyl (C=O) groups excluding carboxylic acids is 1. The van der Waals surface area contributed by atoms with E-state index in [9.17, 15) is 9.90 Å². The van der Waals surface area contributed by atoms with Crippen molar-refractivity contribution in [3.63, 3.8) is 0 Å². The van der Waals surface area contributed by atoms with E-state index < -0.39 is 18.0 Å². The van der Waals surface area contributed by atoms with Gasteiger partial charge in [-0.1, -0.05) is 12.1 Å². The Morgan fingerprint density at radius 3 is 2.03 bits per heavy atom. The van der Waals surface area contributed by atoms with E-state index in [1.807, 2.05) is 18.2 Å². The van der Waals surface area contributed by atoms with Gasteiger partial charge in [0.15, 0.2) is 23.0 Å². The van der Waals surface area contributed by atoms with E-state index in [2.05, 4.69) is 5.32 Å². The maximum atomic E-state index is 12.3. The molecule has 8 nitrogen and oxygen atoms in total. The molecule has 0 fully saturated rings. The van der Waals surface area contributed by atoms with Gasteiger partial charge in [0.2, 0.25) is 0 Å². The van der Waals surface area contributed by atoms with Crippen molar-refractivity contribution in [3.8, 4) is 23.0 Å². The number of nitrogens with one attached hydrogen (secondary N) is 1. The molecule has 0 radical (unpaired) electrons. The van der Waals surface area contributed by atoms with E-state index in [-0.39, 0.29) is 6.54 Å². The van der Waals surface area contributed by atoms with E-state index in [4.69, 9.17) is 23.7 Å². The van der Waals surface area contributed by atoms with Gasteiger partial charge in [-0.25, -0.2) is 0 Å². The number of aliphatic hydroxyl groups excluding tert-OH is 1. The van der Waals surface area contributed by atoms with Crippen LogP contribution >= 0.6 is 0 Å². The smallest absolute Gasteiger partial charge is 0.312 e. The number of benzene rings is 2. The van der Waals surface area contributed by atoms with E-state index in [0.29, 0.717) is 41.5 Å². The van der Waals surface area contributed by atoms with E-state index in [0.717, 1.165) is 5.56 Å². The monoisotopic (exact) mass is 433 g/mol. The van der Waals surface area contributed by atoms with Crippen LogP contribution in [0.25, 0.3) is 0 Å². The highest BCUT2D eigenvalue weighted by Gasteiger charge is 2.29. The van der Waals surface area contributed by atoms with Crippen molar-refractivity contribution in [2.75, 3.05) is 48.6 Å². The number of rotatable bonds is 12. The average Bonchev–Trinajstić information content (AvgIpc) is 2.82. The first kappa shape index (κ1) is 24.3. The molecule has 0 aliphatic heterocycles. The normalized spacial score (nSPS) is 12.6. The summed E-state index contributed by atoms with van der Waals surface area (Å²) < 4.78 is 26.0. The van der Waals surface area contributed by atoms with Crippen LogP contribution in [0, 0.1) is 5.92 Å². The molecule has 2 unspecified atom stereocenters. The van der Waals surface area contributed by atoms with E-state index in [1.54, 1.807) is 32.4 Å². The third-order valence-corrected chi connectivity index (χ3v) is 5.04. The maximum Gasteiger partial charge on any atom is 0.312 e. The molecule has 0 aliphatic carbocycles. The molecule has 0 saturated heterocycles. The van der Waals surface area contributed by atoms with Crippen molar-refractivity contribution in [2.45, 2.75) is 12.5 Å². The summed E-state index contributed by atoms with van der Waals surface area (Å²) in [5, 5.41) is 14.1. The van der Waals surface area contributed by atoms with Gasteiger partial charge in [0, 0.05) is 6.54 Å². The fraction of sp³-hybridized carbons (Fsp3) is 0.435. The van der Waals surface area contributed by atoms with Gasteiger partial charge < -0.3 is 34.1 Å². The molecule has 0 amide bonds. The Morgan fingerprint density at radius 1 is 0.871 bits per heavy atom. The molecule has 170 valence electrons. The molecule has 2 atom stereocenters. The van der Waals surface area contributed by atoms with Crippen LogP contribution in [0.3, 0.4) is 0 Å². The summed E-state index contributed by atoms with van der Waals surface area (Å²) in [5.74, 6) is 1.07. The quantitative estimate of drug-likeness (QED) is 0.389. The summed E-state index contributed by atoms with van der Waals surface area (Å²) in [6.45, 7) is 0.844. The molecule has 2 aromatic carbocycles. The molecule has 0 aromatic heterocycles. The zero-order chi connectivity index (χ0) is 22.8. The van der Waals surface area contributed by atoms with Crippen LogP contribution in [0.1, 0.15) is 17.2 Å². The Morgan fingerprint density at radius 2 is 1.45 bits per heavy atom. The highest BCUT2D eigenvalue weighted by Crippen LogP contribution is 2.32. The summed E-state index contributed by atoms with van der Waals surface area (Å²) in [5.41, 5.74) is 1.59. The Bertz CT molecular complexity index is 856. The van der Waals surface area contributed by atoms with Gasteiger partial charge in [0.1, 0.15) is 0 Å². The summed E-state index contributed by atoms with van der Waals surface area (Å²) in [6, 6.07) is 10.8. The molecule has 0 heterocycles. The lowest BCUT2D eigenvalue weighted by Gasteiger charge is -2.22. The number of carbonyl (C=O) groups is 1. The molecular formula is C23H31NO7. The SMILES string of the molecule is COC(=O)C(CNCCc1ccc(OC)c(OC)c1)C(O)c1ccc(OC)c(OC)c1. The van der Waals surface area contributed by atoms with Gasteiger partial charge in [-0.15, -0.1) is 0 Å². The van der Waals surface area contributed by atoms with Gasteiger partial charge in [-0.2, -0.15) is 0 Å². The van der Waals surface area contributed by atoms with Crippen molar-refractivity contribution in [2.24, 2.45) is 5.92 Å². The van der Waals surface area contributed by atoms with Gasteiger partial charge in [-0.05, 0) is 48.4 Å². The summed E-state index contributed by atoms with van der Waals surface area (Å²) in [7, 11) is 7.54. The van der Waals surface area contributed by atoms with Crippen molar-refractivity contribution in [1.29, 1.82) is 0 Å². The van der Waals surface area contributed by atoms with Gasteiger partial charge >= 0.3 is 5.97 Å². The summed E-state index contributed by atoms with van der Waals surface area (Å²) >= 11 is 0. The van der Waals surface area contributed by atoms with Crippen molar-refractivity contribution in [1.82, 2.24) is 5.32 Å². The first-order valence-corrected chi connectivity index (χ1v) is 9.88. The fourth-order valence-corrected chi connectivity index (χ4v) is 3.27. The Labute approximate surface area is 183 Å². The number of esters is 1. The van der Waals surface area contributed by atoms with Gasteiger partial charge in [-0.3, -0.25) is 4.79 Å². The third-order valence-electron chi connectivity index (χ3n) is 5.04. The lowest BCUT2D eigenvalue weighted by atomic mass is 9.95. The summed E-state index contributed by atoms with van der Waals surface area (Å²) in [4.78, 5) is 12.3. The minimum absolute atomic E-state index is 0.246. The van der Waals surface area contributed by atoms with Crippen LogP contribution in [-0.4, -0.2) is 59.7 Å².